The monoisotopic (exact) mass is 279 g/mol. The average molecular weight is 280 g/mol. The van der Waals surface area contributed by atoms with E-state index in [1.165, 1.54) is 12.4 Å². The van der Waals surface area contributed by atoms with Gasteiger partial charge in [0.2, 0.25) is 0 Å². The maximum Gasteiger partial charge on any atom is 0.253 e. The summed E-state index contributed by atoms with van der Waals surface area (Å²) in [5.41, 5.74) is 1.10. The molecule has 0 aliphatic carbocycles. The Bertz CT molecular complexity index is 581. The van der Waals surface area contributed by atoms with Gasteiger partial charge in [-0.2, -0.15) is 0 Å². The van der Waals surface area contributed by atoms with Gasteiger partial charge in [0.15, 0.2) is 0 Å². The smallest absolute Gasteiger partial charge is 0.253 e. The first-order valence-corrected chi connectivity index (χ1v) is 6.28. The fraction of sp³-hybridized carbons (Fsp3) is 0.308. The Kier molecular flexibility index (Phi) is 4.16. The van der Waals surface area contributed by atoms with Gasteiger partial charge in [-0.25, -0.2) is 0 Å². The van der Waals surface area contributed by atoms with Gasteiger partial charge in [0, 0.05) is 24.4 Å². The van der Waals surface area contributed by atoms with Crippen LogP contribution in [0.15, 0.2) is 29.0 Å². The highest BCUT2D eigenvalue weighted by atomic mass is 35.5. The standard InChI is InChI=1S/C13H14ClN3O2/c1-8(2)12-4-11(17-19-12)7-16-13(18)9-3-10(14)6-15-5-9/h3-6,8H,7H2,1-2H3,(H,16,18). The summed E-state index contributed by atoms with van der Waals surface area (Å²) in [5.74, 6) is 0.826. The molecule has 0 radical (unpaired) electrons. The van der Waals surface area contributed by atoms with Crippen molar-refractivity contribution < 1.29 is 9.32 Å². The second-order valence-electron chi connectivity index (χ2n) is 4.45. The molecule has 2 aromatic rings. The fourth-order valence-corrected chi connectivity index (χ4v) is 1.67. The first kappa shape index (κ1) is 13.5. The Balaban J connectivity index is 1.96. The lowest BCUT2D eigenvalue weighted by Gasteiger charge is -2.02. The van der Waals surface area contributed by atoms with Crippen LogP contribution in [-0.4, -0.2) is 16.0 Å². The molecule has 0 unspecified atom stereocenters. The highest BCUT2D eigenvalue weighted by Gasteiger charge is 2.10. The number of pyridine rings is 1. The number of rotatable bonds is 4. The second kappa shape index (κ2) is 5.84. The molecule has 2 heterocycles. The van der Waals surface area contributed by atoms with Crippen LogP contribution in [-0.2, 0) is 6.54 Å². The minimum atomic E-state index is -0.246. The predicted molar refractivity (Wildman–Crippen MR) is 71.0 cm³/mol. The number of amides is 1. The number of hydrogen-bond acceptors (Lipinski definition) is 4. The van der Waals surface area contributed by atoms with E-state index in [1.807, 2.05) is 19.9 Å². The number of nitrogens with one attached hydrogen (secondary N) is 1. The quantitative estimate of drug-likeness (QED) is 0.934. The molecule has 6 heteroatoms. The summed E-state index contributed by atoms with van der Waals surface area (Å²) < 4.78 is 5.15. The maximum absolute atomic E-state index is 11.8. The predicted octanol–water partition coefficient (Wildman–Crippen LogP) is 2.78. The molecule has 0 bridgehead atoms. The summed E-state index contributed by atoms with van der Waals surface area (Å²) in [6.07, 6.45) is 2.94. The van der Waals surface area contributed by atoms with Crippen molar-refractivity contribution in [1.82, 2.24) is 15.5 Å². The van der Waals surface area contributed by atoms with Gasteiger partial charge in [0.1, 0.15) is 11.5 Å². The van der Waals surface area contributed by atoms with Crippen LogP contribution < -0.4 is 5.32 Å². The molecule has 2 rings (SSSR count). The Morgan fingerprint density at radius 1 is 1.42 bits per heavy atom. The molecule has 100 valence electrons. The molecule has 0 aliphatic heterocycles. The summed E-state index contributed by atoms with van der Waals surface area (Å²) in [6.45, 7) is 4.34. The minimum Gasteiger partial charge on any atom is -0.361 e. The lowest BCUT2D eigenvalue weighted by Crippen LogP contribution is -2.23. The van der Waals surface area contributed by atoms with E-state index in [2.05, 4.69) is 15.5 Å². The van der Waals surface area contributed by atoms with Crippen LogP contribution >= 0.6 is 11.6 Å². The SMILES string of the molecule is CC(C)c1cc(CNC(=O)c2cncc(Cl)c2)no1. The van der Waals surface area contributed by atoms with Crippen molar-refractivity contribution in [2.24, 2.45) is 0 Å². The van der Waals surface area contributed by atoms with Gasteiger partial charge < -0.3 is 9.84 Å². The third-order valence-corrected chi connectivity index (χ3v) is 2.75. The largest absolute Gasteiger partial charge is 0.361 e. The van der Waals surface area contributed by atoms with Crippen LogP contribution in [0.5, 0.6) is 0 Å². The van der Waals surface area contributed by atoms with E-state index in [9.17, 15) is 4.79 Å². The van der Waals surface area contributed by atoms with Gasteiger partial charge in [-0.05, 0) is 6.07 Å². The first-order valence-electron chi connectivity index (χ1n) is 5.90. The molecule has 1 amide bonds. The van der Waals surface area contributed by atoms with Gasteiger partial charge in [-0.1, -0.05) is 30.6 Å². The molecule has 0 saturated heterocycles. The molecule has 2 aromatic heterocycles. The zero-order valence-corrected chi connectivity index (χ0v) is 11.4. The van der Waals surface area contributed by atoms with Crippen LogP contribution in [0.4, 0.5) is 0 Å². The van der Waals surface area contributed by atoms with Gasteiger partial charge in [-0.3, -0.25) is 9.78 Å². The van der Waals surface area contributed by atoms with Crippen LogP contribution in [0.1, 0.15) is 41.6 Å². The highest BCUT2D eigenvalue weighted by molar-refractivity contribution is 6.30. The highest BCUT2D eigenvalue weighted by Crippen LogP contribution is 2.15. The number of nitrogens with zero attached hydrogens (tertiary/aromatic N) is 2. The number of hydrogen-bond donors (Lipinski definition) is 1. The van der Waals surface area contributed by atoms with E-state index >= 15 is 0 Å². The van der Waals surface area contributed by atoms with Crippen molar-refractivity contribution >= 4 is 17.5 Å². The van der Waals surface area contributed by atoms with Crippen molar-refractivity contribution in [3.63, 3.8) is 0 Å². The van der Waals surface area contributed by atoms with E-state index in [0.717, 1.165) is 5.76 Å². The van der Waals surface area contributed by atoms with Gasteiger partial charge >= 0.3 is 0 Å². The zero-order chi connectivity index (χ0) is 13.8. The van der Waals surface area contributed by atoms with E-state index in [1.54, 1.807) is 6.07 Å². The Morgan fingerprint density at radius 2 is 2.21 bits per heavy atom. The average Bonchev–Trinajstić information content (AvgIpc) is 2.85. The second-order valence-corrected chi connectivity index (χ2v) is 4.89. The topological polar surface area (TPSA) is 68.0 Å². The minimum absolute atomic E-state index is 0.246. The lowest BCUT2D eigenvalue weighted by atomic mass is 10.1. The molecule has 0 aromatic carbocycles. The Morgan fingerprint density at radius 3 is 2.84 bits per heavy atom. The fourth-order valence-electron chi connectivity index (χ4n) is 1.49. The summed E-state index contributed by atoms with van der Waals surface area (Å²) in [4.78, 5) is 15.7. The lowest BCUT2D eigenvalue weighted by molar-refractivity contribution is 0.0949. The Hall–Kier alpha value is -1.88. The van der Waals surface area contributed by atoms with Crippen molar-refractivity contribution in [3.05, 3.63) is 46.6 Å². The van der Waals surface area contributed by atoms with E-state index in [-0.39, 0.29) is 11.8 Å². The van der Waals surface area contributed by atoms with Crippen LogP contribution in [0, 0.1) is 0 Å². The zero-order valence-electron chi connectivity index (χ0n) is 10.7. The van der Waals surface area contributed by atoms with Gasteiger partial charge in [0.05, 0.1) is 17.1 Å². The van der Waals surface area contributed by atoms with Crippen LogP contribution in [0.2, 0.25) is 5.02 Å². The molecule has 0 saturated carbocycles. The summed E-state index contributed by atoms with van der Waals surface area (Å²) in [6, 6.07) is 3.40. The molecule has 1 N–H and O–H groups in total. The number of aromatic nitrogens is 2. The molecular weight excluding hydrogens is 266 g/mol. The molecule has 5 nitrogen and oxygen atoms in total. The van der Waals surface area contributed by atoms with Crippen molar-refractivity contribution in [2.75, 3.05) is 0 Å². The number of carbonyl (C=O) groups is 1. The molecule has 0 atom stereocenters. The summed E-state index contributed by atoms with van der Waals surface area (Å²) in [7, 11) is 0. The van der Waals surface area contributed by atoms with Crippen LogP contribution in [0.25, 0.3) is 0 Å². The third-order valence-electron chi connectivity index (χ3n) is 2.54. The molecular formula is C13H14ClN3O2. The maximum atomic E-state index is 11.8. The van der Waals surface area contributed by atoms with E-state index in [0.29, 0.717) is 22.8 Å². The molecule has 19 heavy (non-hydrogen) atoms. The Labute approximate surface area is 116 Å². The van der Waals surface area contributed by atoms with Crippen LogP contribution in [0.3, 0.4) is 0 Å². The normalized spacial score (nSPS) is 10.7. The van der Waals surface area contributed by atoms with Crippen molar-refractivity contribution in [2.45, 2.75) is 26.3 Å². The molecule has 0 spiro atoms. The van der Waals surface area contributed by atoms with E-state index < -0.39 is 0 Å². The molecule has 0 aliphatic rings. The summed E-state index contributed by atoms with van der Waals surface area (Å²) >= 11 is 5.77. The van der Waals surface area contributed by atoms with Gasteiger partial charge in [-0.15, -0.1) is 0 Å². The van der Waals surface area contributed by atoms with Gasteiger partial charge in [0.25, 0.3) is 5.91 Å². The number of carbonyl (C=O) groups excluding carboxylic acids is 1. The summed E-state index contributed by atoms with van der Waals surface area (Å²) in [5, 5.41) is 7.05. The van der Waals surface area contributed by atoms with Crippen molar-refractivity contribution in [3.8, 4) is 0 Å². The van der Waals surface area contributed by atoms with E-state index in [4.69, 9.17) is 16.1 Å². The first-order chi connectivity index (χ1) is 9.06. The molecule has 0 fully saturated rings. The third kappa shape index (κ3) is 3.54. The van der Waals surface area contributed by atoms with Crippen molar-refractivity contribution in [1.29, 1.82) is 0 Å². The number of halogens is 1.